The van der Waals surface area contributed by atoms with Crippen LogP contribution in [0.25, 0.3) is 11.0 Å². The predicted molar refractivity (Wildman–Crippen MR) is 110 cm³/mol. The number of hydrogen-bond donors (Lipinski definition) is 1. The number of carbonyl (C=O) groups excluding carboxylic acids is 1. The van der Waals surface area contributed by atoms with Gasteiger partial charge in [-0.25, -0.2) is 4.98 Å². The number of benzene rings is 2. The highest BCUT2D eigenvalue weighted by Crippen LogP contribution is 2.28. The van der Waals surface area contributed by atoms with E-state index in [9.17, 15) is 4.79 Å². The quantitative estimate of drug-likeness (QED) is 0.583. The van der Waals surface area contributed by atoms with Gasteiger partial charge in [0.2, 0.25) is 5.91 Å². The Morgan fingerprint density at radius 1 is 1.07 bits per heavy atom. The summed E-state index contributed by atoms with van der Waals surface area (Å²) < 4.78 is 13.2. The van der Waals surface area contributed by atoms with E-state index in [1.165, 1.54) is 0 Å². The molecule has 0 radical (unpaired) electrons. The van der Waals surface area contributed by atoms with E-state index in [-0.39, 0.29) is 5.91 Å². The molecule has 1 N–H and O–H groups in total. The largest absolute Gasteiger partial charge is 0.490 e. The fourth-order valence-corrected chi connectivity index (χ4v) is 3.10. The third kappa shape index (κ3) is 5.03. The first-order valence-electron chi connectivity index (χ1n) is 9.76. The Morgan fingerprint density at radius 3 is 2.68 bits per heavy atom. The molecule has 0 unspecified atom stereocenters. The van der Waals surface area contributed by atoms with Crippen LogP contribution in [0.15, 0.2) is 48.8 Å². The summed E-state index contributed by atoms with van der Waals surface area (Å²) >= 11 is 0. The summed E-state index contributed by atoms with van der Waals surface area (Å²) in [6, 6.07) is 13.9. The smallest absolute Gasteiger partial charge is 0.221 e. The number of carbonyl (C=O) groups is 1. The lowest BCUT2D eigenvalue weighted by Gasteiger charge is -2.12. The van der Waals surface area contributed by atoms with Crippen molar-refractivity contribution in [2.75, 3.05) is 19.8 Å². The molecule has 0 fully saturated rings. The molecule has 1 aromatic heterocycles. The van der Waals surface area contributed by atoms with Gasteiger partial charge in [-0.2, -0.15) is 0 Å². The van der Waals surface area contributed by atoms with Crippen molar-refractivity contribution >= 4 is 16.9 Å². The second-order valence-corrected chi connectivity index (χ2v) is 6.42. The zero-order valence-corrected chi connectivity index (χ0v) is 16.5. The van der Waals surface area contributed by atoms with E-state index in [0.717, 1.165) is 34.5 Å². The molecular weight excluding hydrogens is 354 g/mol. The van der Waals surface area contributed by atoms with Crippen LogP contribution in [-0.4, -0.2) is 35.2 Å². The molecule has 0 aliphatic carbocycles. The summed E-state index contributed by atoms with van der Waals surface area (Å²) in [7, 11) is 0. The average Bonchev–Trinajstić information content (AvgIpc) is 3.12. The number of amides is 1. The molecule has 3 aromatic rings. The highest BCUT2D eigenvalue weighted by atomic mass is 16.5. The molecule has 6 heteroatoms. The minimum absolute atomic E-state index is 0.0359. The predicted octanol–water partition coefficient (Wildman–Crippen LogP) is 3.58. The monoisotopic (exact) mass is 381 g/mol. The first kappa shape index (κ1) is 19.7. The molecule has 0 atom stereocenters. The van der Waals surface area contributed by atoms with E-state index in [1.54, 1.807) is 6.33 Å². The molecule has 2 aromatic carbocycles. The molecule has 0 saturated carbocycles. The number of fused-ring (bicyclic) bond motifs is 1. The second-order valence-electron chi connectivity index (χ2n) is 6.42. The van der Waals surface area contributed by atoms with Crippen LogP contribution < -0.4 is 14.8 Å². The van der Waals surface area contributed by atoms with E-state index in [2.05, 4.69) is 10.3 Å². The highest BCUT2D eigenvalue weighted by Gasteiger charge is 2.08. The van der Waals surface area contributed by atoms with Crippen LogP contribution in [0.3, 0.4) is 0 Å². The second kappa shape index (κ2) is 9.78. The summed E-state index contributed by atoms with van der Waals surface area (Å²) in [5, 5.41) is 2.99. The van der Waals surface area contributed by atoms with Crippen LogP contribution in [0.4, 0.5) is 0 Å². The van der Waals surface area contributed by atoms with Crippen LogP contribution >= 0.6 is 0 Å². The summed E-state index contributed by atoms with van der Waals surface area (Å²) in [5.41, 5.74) is 3.10. The molecular formula is C22H27N3O3. The maximum atomic E-state index is 12.2. The first-order chi connectivity index (χ1) is 13.7. The summed E-state index contributed by atoms with van der Waals surface area (Å²) in [6.07, 6.45) is 2.95. The Labute approximate surface area is 165 Å². The summed E-state index contributed by atoms with van der Waals surface area (Å²) in [6.45, 7) is 6.29. The van der Waals surface area contributed by atoms with E-state index in [4.69, 9.17) is 9.47 Å². The van der Waals surface area contributed by atoms with Crippen LogP contribution in [0.5, 0.6) is 11.5 Å². The van der Waals surface area contributed by atoms with Gasteiger partial charge in [-0.05, 0) is 50.1 Å². The normalized spacial score (nSPS) is 10.8. The molecule has 0 aliphatic rings. The number of aryl methyl sites for hydroxylation is 1. The van der Waals surface area contributed by atoms with Gasteiger partial charge in [0, 0.05) is 19.5 Å². The average molecular weight is 381 g/mol. The number of para-hydroxylation sites is 2. The number of imidazole rings is 1. The Hall–Kier alpha value is -3.02. The maximum absolute atomic E-state index is 12.2. The van der Waals surface area contributed by atoms with Gasteiger partial charge in [0.1, 0.15) is 0 Å². The first-order valence-corrected chi connectivity index (χ1v) is 9.76. The van der Waals surface area contributed by atoms with Crippen molar-refractivity contribution in [1.29, 1.82) is 0 Å². The minimum Gasteiger partial charge on any atom is -0.490 e. The zero-order chi connectivity index (χ0) is 19.8. The number of rotatable bonds is 10. The van der Waals surface area contributed by atoms with Crippen molar-refractivity contribution in [2.24, 2.45) is 0 Å². The van der Waals surface area contributed by atoms with Crippen molar-refractivity contribution in [3.63, 3.8) is 0 Å². The topological polar surface area (TPSA) is 65.4 Å². The fraction of sp³-hybridized carbons (Fsp3) is 0.364. The molecule has 3 rings (SSSR count). The van der Waals surface area contributed by atoms with E-state index in [1.807, 2.05) is 60.9 Å². The lowest BCUT2D eigenvalue weighted by molar-refractivity contribution is -0.121. The Morgan fingerprint density at radius 2 is 1.86 bits per heavy atom. The Balaban J connectivity index is 1.48. The van der Waals surface area contributed by atoms with Crippen molar-refractivity contribution in [1.82, 2.24) is 14.9 Å². The van der Waals surface area contributed by atoms with Gasteiger partial charge >= 0.3 is 0 Å². The fourth-order valence-electron chi connectivity index (χ4n) is 3.10. The maximum Gasteiger partial charge on any atom is 0.221 e. The van der Waals surface area contributed by atoms with Gasteiger partial charge in [0.25, 0.3) is 0 Å². The van der Waals surface area contributed by atoms with Gasteiger partial charge in [-0.3, -0.25) is 4.79 Å². The third-order valence-corrected chi connectivity index (χ3v) is 4.45. The zero-order valence-electron chi connectivity index (χ0n) is 16.5. The molecule has 0 saturated heterocycles. The van der Waals surface area contributed by atoms with Crippen LogP contribution in [-0.2, 0) is 17.8 Å². The highest BCUT2D eigenvalue weighted by molar-refractivity contribution is 5.77. The Kier molecular flexibility index (Phi) is 6.89. The van der Waals surface area contributed by atoms with Gasteiger partial charge in [0.15, 0.2) is 11.5 Å². The van der Waals surface area contributed by atoms with Gasteiger partial charge < -0.3 is 19.4 Å². The number of hydrogen-bond acceptors (Lipinski definition) is 4. The standard InChI is InChI=1S/C22H27N3O3/c1-3-27-20-10-9-17(15-21(20)28-4-2)11-13-23-22(26)12-14-25-16-24-18-7-5-6-8-19(18)25/h5-10,15-16H,3-4,11-14H2,1-2H3,(H,23,26). The molecule has 1 heterocycles. The van der Waals surface area contributed by atoms with Crippen LogP contribution in [0, 0.1) is 0 Å². The van der Waals surface area contributed by atoms with E-state index >= 15 is 0 Å². The summed E-state index contributed by atoms with van der Waals surface area (Å²) in [4.78, 5) is 16.5. The third-order valence-electron chi connectivity index (χ3n) is 4.45. The van der Waals surface area contributed by atoms with Crippen molar-refractivity contribution in [3.8, 4) is 11.5 Å². The van der Waals surface area contributed by atoms with Crippen molar-refractivity contribution < 1.29 is 14.3 Å². The van der Waals surface area contributed by atoms with Gasteiger partial charge in [0.05, 0.1) is 30.6 Å². The molecule has 0 spiro atoms. The summed E-state index contributed by atoms with van der Waals surface area (Å²) in [5.74, 6) is 1.54. The van der Waals surface area contributed by atoms with Gasteiger partial charge in [-0.1, -0.05) is 18.2 Å². The lowest BCUT2D eigenvalue weighted by atomic mass is 10.1. The Bertz CT molecular complexity index is 920. The van der Waals surface area contributed by atoms with Crippen LogP contribution in [0.1, 0.15) is 25.8 Å². The molecule has 0 aliphatic heterocycles. The molecule has 28 heavy (non-hydrogen) atoms. The molecule has 1 amide bonds. The van der Waals surface area contributed by atoms with Crippen molar-refractivity contribution in [2.45, 2.75) is 33.2 Å². The SMILES string of the molecule is CCOc1ccc(CCNC(=O)CCn2cnc3ccccc32)cc1OCC. The van der Waals surface area contributed by atoms with E-state index in [0.29, 0.717) is 32.7 Å². The lowest BCUT2D eigenvalue weighted by Crippen LogP contribution is -2.26. The van der Waals surface area contributed by atoms with Crippen LogP contribution in [0.2, 0.25) is 0 Å². The molecule has 148 valence electrons. The number of ether oxygens (including phenoxy) is 2. The van der Waals surface area contributed by atoms with E-state index < -0.39 is 0 Å². The number of nitrogens with one attached hydrogen (secondary N) is 1. The molecule has 0 bridgehead atoms. The van der Waals surface area contributed by atoms with Crippen molar-refractivity contribution in [3.05, 3.63) is 54.4 Å². The molecule has 6 nitrogen and oxygen atoms in total. The van der Waals surface area contributed by atoms with Gasteiger partial charge in [-0.15, -0.1) is 0 Å². The minimum atomic E-state index is 0.0359. The number of aromatic nitrogens is 2. The number of nitrogens with zero attached hydrogens (tertiary/aromatic N) is 2.